The molecule has 2 aromatic heterocycles. The molecule has 21 heavy (non-hydrogen) atoms. The molecule has 0 saturated carbocycles. The van der Waals surface area contributed by atoms with E-state index >= 15 is 0 Å². The van der Waals surface area contributed by atoms with Gasteiger partial charge < -0.3 is 4.74 Å². The maximum atomic E-state index is 12.3. The molecule has 0 aromatic carbocycles. The van der Waals surface area contributed by atoms with E-state index in [0.29, 0.717) is 0 Å². The monoisotopic (exact) mass is 327 g/mol. The van der Waals surface area contributed by atoms with E-state index in [1.807, 2.05) is 6.92 Å². The van der Waals surface area contributed by atoms with Crippen molar-refractivity contribution in [2.45, 2.75) is 17.7 Å². The summed E-state index contributed by atoms with van der Waals surface area (Å²) >= 11 is 0.865. The summed E-state index contributed by atoms with van der Waals surface area (Å²) in [5.74, 6) is -0.781. The molecule has 0 radical (unpaired) electrons. The third-order valence-electron chi connectivity index (χ3n) is 2.75. The number of carbonyl (C=O) groups is 1. The molecule has 2 aromatic rings. The standard InChI is InChI=1S/C12H13N3O4S2/c1-8-5-13-4-3-9(8)6-15-21(17,18)12-10(11(16)19-2)14-7-20-12/h3-5,7,15H,6H2,1-2H3. The van der Waals surface area contributed by atoms with E-state index in [1.165, 1.54) is 12.6 Å². The van der Waals surface area contributed by atoms with Crippen molar-refractivity contribution < 1.29 is 17.9 Å². The zero-order chi connectivity index (χ0) is 15.5. The number of aryl methyl sites for hydroxylation is 1. The molecule has 2 rings (SSSR count). The van der Waals surface area contributed by atoms with Crippen LogP contribution >= 0.6 is 11.3 Å². The van der Waals surface area contributed by atoms with Gasteiger partial charge in [-0.25, -0.2) is 22.9 Å². The highest BCUT2D eigenvalue weighted by Gasteiger charge is 2.26. The molecule has 0 atom stereocenters. The van der Waals surface area contributed by atoms with Crippen molar-refractivity contribution in [3.63, 3.8) is 0 Å². The number of aromatic nitrogens is 2. The van der Waals surface area contributed by atoms with Gasteiger partial charge in [0, 0.05) is 18.9 Å². The summed E-state index contributed by atoms with van der Waals surface area (Å²) in [6.45, 7) is 1.94. The Bertz CT molecular complexity index is 755. The third kappa shape index (κ3) is 3.43. The van der Waals surface area contributed by atoms with E-state index in [4.69, 9.17) is 0 Å². The maximum Gasteiger partial charge on any atom is 0.358 e. The van der Waals surface area contributed by atoms with Crippen LogP contribution in [0, 0.1) is 6.92 Å². The Morgan fingerprint density at radius 2 is 2.24 bits per heavy atom. The molecule has 112 valence electrons. The van der Waals surface area contributed by atoms with Crippen molar-refractivity contribution in [1.29, 1.82) is 0 Å². The summed E-state index contributed by atoms with van der Waals surface area (Å²) in [6.07, 6.45) is 3.24. The minimum absolute atomic E-state index is 0.106. The van der Waals surface area contributed by atoms with Crippen molar-refractivity contribution in [2.24, 2.45) is 0 Å². The highest BCUT2D eigenvalue weighted by molar-refractivity contribution is 7.91. The molecule has 7 nitrogen and oxygen atoms in total. The number of methoxy groups -OCH3 is 1. The van der Waals surface area contributed by atoms with Crippen molar-refractivity contribution in [3.8, 4) is 0 Å². The molecule has 9 heteroatoms. The first-order valence-electron chi connectivity index (χ1n) is 5.86. The summed E-state index contributed by atoms with van der Waals surface area (Å²) in [5.41, 5.74) is 2.76. The number of esters is 1. The molecule has 0 aliphatic rings. The van der Waals surface area contributed by atoms with E-state index in [-0.39, 0.29) is 16.4 Å². The van der Waals surface area contributed by atoms with Crippen LogP contribution in [0.3, 0.4) is 0 Å². The molecule has 0 amide bonds. The number of thiazole rings is 1. The van der Waals surface area contributed by atoms with Gasteiger partial charge in [-0.2, -0.15) is 0 Å². The Morgan fingerprint density at radius 1 is 1.48 bits per heavy atom. The van der Waals surface area contributed by atoms with Crippen molar-refractivity contribution in [3.05, 3.63) is 40.8 Å². The average molecular weight is 327 g/mol. The highest BCUT2D eigenvalue weighted by atomic mass is 32.2. The Hall–Kier alpha value is -1.84. The molecular formula is C12H13N3O4S2. The van der Waals surface area contributed by atoms with Crippen LogP contribution < -0.4 is 4.72 Å². The first-order chi connectivity index (χ1) is 9.95. The second kappa shape index (κ2) is 6.29. The fourth-order valence-electron chi connectivity index (χ4n) is 1.60. The van der Waals surface area contributed by atoms with Crippen LogP contribution in [0.5, 0.6) is 0 Å². The lowest BCUT2D eigenvalue weighted by Crippen LogP contribution is -2.24. The smallest absolute Gasteiger partial charge is 0.358 e. The number of hydrogen-bond acceptors (Lipinski definition) is 7. The Balaban J connectivity index is 2.22. The molecule has 0 unspecified atom stereocenters. The van der Waals surface area contributed by atoms with Gasteiger partial charge in [-0.15, -0.1) is 11.3 Å². The highest BCUT2D eigenvalue weighted by Crippen LogP contribution is 2.21. The second-order valence-corrected chi connectivity index (χ2v) is 6.92. The van der Waals surface area contributed by atoms with Crippen LogP contribution in [-0.4, -0.2) is 31.5 Å². The maximum absolute atomic E-state index is 12.3. The Morgan fingerprint density at radius 3 is 2.90 bits per heavy atom. The largest absolute Gasteiger partial charge is 0.464 e. The predicted molar refractivity (Wildman–Crippen MR) is 76.5 cm³/mol. The minimum atomic E-state index is -3.83. The summed E-state index contributed by atoms with van der Waals surface area (Å²) in [5, 5.41) is 0. The molecular weight excluding hydrogens is 314 g/mol. The van der Waals surface area contributed by atoms with Crippen LogP contribution in [-0.2, 0) is 21.3 Å². The average Bonchev–Trinajstić information content (AvgIpc) is 2.96. The summed E-state index contributed by atoms with van der Waals surface area (Å²) in [4.78, 5) is 19.2. The first kappa shape index (κ1) is 15.5. The fraction of sp³-hybridized carbons (Fsp3) is 0.250. The Labute approximate surface area is 126 Å². The number of rotatable bonds is 5. The number of hydrogen-bond donors (Lipinski definition) is 1. The number of nitrogens with one attached hydrogen (secondary N) is 1. The van der Waals surface area contributed by atoms with E-state index in [2.05, 4.69) is 19.4 Å². The number of sulfonamides is 1. The molecule has 0 aliphatic heterocycles. The lowest BCUT2D eigenvalue weighted by atomic mass is 10.2. The SMILES string of the molecule is COC(=O)c1ncsc1S(=O)(=O)NCc1ccncc1C. The minimum Gasteiger partial charge on any atom is -0.464 e. The van der Waals surface area contributed by atoms with E-state index < -0.39 is 16.0 Å². The topological polar surface area (TPSA) is 98.2 Å². The van der Waals surface area contributed by atoms with Crippen molar-refractivity contribution >= 4 is 27.3 Å². The van der Waals surface area contributed by atoms with E-state index in [9.17, 15) is 13.2 Å². The number of ether oxygens (including phenoxy) is 1. The second-order valence-electron chi connectivity index (χ2n) is 4.11. The molecule has 0 fully saturated rings. The van der Waals surface area contributed by atoms with E-state index in [0.717, 1.165) is 22.5 Å². The summed E-state index contributed by atoms with van der Waals surface area (Å²) in [7, 11) is -2.66. The summed E-state index contributed by atoms with van der Waals surface area (Å²) in [6, 6.07) is 1.73. The van der Waals surface area contributed by atoms with E-state index in [1.54, 1.807) is 18.5 Å². The van der Waals surface area contributed by atoms with Crippen LogP contribution in [0.4, 0.5) is 0 Å². The van der Waals surface area contributed by atoms with Gasteiger partial charge in [0.05, 0.1) is 12.6 Å². The van der Waals surface area contributed by atoms with Crippen molar-refractivity contribution in [1.82, 2.24) is 14.7 Å². The van der Waals surface area contributed by atoms with Gasteiger partial charge in [0.2, 0.25) is 0 Å². The van der Waals surface area contributed by atoms with Gasteiger partial charge in [0.1, 0.15) is 0 Å². The van der Waals surface area contributed by atoms with Gasteiger partial charge in [-0.3, -0.25) is 4.98 Å². The predicted octanol–water partition coefficient (Wildman–Crippen LogP) is 1.11. The van der Waals surface area contributed by atoms with Gasteiger partial charge >= 0.3 is 5.97 Å². The first-order valence-corrected chi connectivity index (χ1v) is 8.23. The summed E-state index contributed by atoms with van der Waals surface area (Å²) < 4.78 is 31.3. The van der Waals surface area contributed by atoms with Gasteiger partial charge in [0.25, 0.3) is 10.0 Å². The van der Waals surface area contributed by atoms with Crippen molar-refractivity contribution in [2.75, 3.05) is 7.11 Å². The molecule has 1 N–H and O–H groups in total. The van der Waals surface area contributed by atoms with Gasteiger partial charge in [-0.05, 0) is 24.1 Å². The van der Waals surface area contributed by atoms with Gasteiger partial charge in [-0.1, -0.05) is 0 Å². The van der Waals surface area contributed by atoms with Gasteiger partial charge in [0.15, 0.2) is 9.90 Å². The number of pyridine rings is 1. The Kier molecular flexibility index (Phi) is 4.66. The molecule has 0 saturated heterocycles. The zero-order valence-electron chi connectivity index (χ0n) is 11.4. The molecule has 0 spiro atoms. The molecule has 0 bridgehead atoms. The normalized spacial score (nSPS) is 11.3. The molecule has 2 heterocycles. The number of nitrogens with zero attached hydrogens (tertiary/aromatic N) is 2. The third-order valence-corrected chi connectivity index (χ3v) is 5.52. The van der Waals surface area contributed by atoms with Crippen LogP contribution in [0.25, 0.3) is 0 Å². The lowest BCUT2D eigenvalue weighted by Gasteiger charge is -2.07. The lowest BCUT2D eigenvalue weighted by molar-refractivity contribution is 0.0590. The van der Waals surface area contributed by atoms with Crippen LogP contribution in [0.15, 0.2) is 28.2 Å². The fourth-order valence-corrected chi connectivity index (χ4v) is 3.78. The van der Waals surface area contributed by atoms with Crippen LogP contribution in [0.1, 0.15) is 21.6 Å². The number of carbonyl (C=O) groups excluding carboxylic acids is 1. The quantitative estimate of drug-likeness (QED) is 0.826. The zero-order valence-corrected chi connectivity index (χ0v) is 13.0. The van der Waals surface area contributed by atoms with Crippen LogP contribution in [0.2, 0.25) is 0 Å². The molecule has 0 aliphatic carbocycles.